The van der Waals surface area contributed by atoms with Gasteiger partial charge in [0.1, 0.15) is 0 Å². The molecule has 0 radical (unpaired) electrons. The molecule has 0 unspecified atom stereocenters. The number of halogens is 1. The van der Waals surface area contributed by atoms with Gasteiger partial charge in [-0.05, 0) is 41.6 Å². The van der Waals surface area contributed by atoms with Crippen molar-refractivity contribution in [3.05, 3.63) is 38.5 Å². The van der Waals surface area contributed by atoms with Crippen LogP contribution in [-0.2, 0) is 13.6 Å². The van der Waals surface area contributed by atoms with Gasteiger partial charge < -0.3 is 5.32 Å². The molecule has 0 bridgehead atoms. The van der Waals surface area contributed by atoms with E-state index in [1.807, 2.05) is 14.0 Å². The van der Waals surface area contributed by atoms with Gasteiger partial charge in [-0.2, -0.15) is 10.2 Å². The first kappa shape index (κ1) is 14.3. The average molecular weight is 352 g/mol. The van der Waals surface area contributed by atoms with Crippen molar-refractivity contribution in [3.8, 4) is 0 Å². The van der Waals surface area contributed by atoms with E-state index in [2.05, 4.69) is 31.4 Å². The summed E-state index contributed by atoms with van der Waals surface area (Å²) in [5.74, 6) is 0.765. The second-order valence-corrected chi connectivity index (χ2v) is 6.33. The molecule has 1 N–H and O–H groups in total. The summed E-state index contributed by atoms with van der Waals surface area (Å²) in [4.78, 5) is 12.1. The number of aryl methyl sites for hydroxylation is 2. The van der Waals surface area contributed by atoms with E-state index in [4.69, 9.17) is 0 Å². The van der Waals surface area contributed by atoms with Crippen molar-refractivity contribution in [2.45, 2.75) is 26.3 Å². The number of hydrogen-bond donors (Lipinski definition) is 1. The van der Waals surface area contributed by atoms with E-state index in [1.54, 1.807) is 16.9 Å². The van der Waals surface area contributed by atoms with Crippen LogP contribution >= 0.6 is 15.9 Å². The maximum absolute atomic E-state index is 12.1. The van der Waals surface area contributed by atoms with E-state index in [-0.39, 0.29) is 5.56 Å². The fourth-order valence-corrected chi connectivity index (χ4v) is 2.69. The number of rotatable bonds is 5. The molecule has 0 spiro atoms. The first-order valence-corrected chi connectivity index (χ1v) is 7.83. The van der Waals surface area contributed by atoms with E-state index in [0.29, 0.717) is 6.54 Å². The Morgan fingerprint density at radius 3 is 2.81 bits per heavy atom. The van der Waals surface area contributed by atoms with E-state index in [9.17, 15) is 4.79 Å². The molecule has 7 heteroatoms. The zero-order chi connectivity index (χ0) is 15.0. The maximum atomic E-state index is 12.1. The summed E-state index contributed by atoms with van der Waals surface area (Å²) < 4.78 is 4.14. The third kappa shape index (κ3) is 3.18. The van der Waals surface area contributed by atoms with Crippen LogP contribution in [0.3, 0.4) is 0 Å². The molecule has 2 heterocycles. The van der Waals surface area contributed by atoms with Gasteiger partial charge in [0, 0.05) is 19.7 Å². The first-order chi connectivity index (χ1) is 10.0. The molecule has 1 saturated carbocycles. The maximum Gasteiger partial charge on any atom is 0.269 e. The molecule has 0 aliphatic heterocycles. The van der Waals surface area contributed by atoms with Crippen LogP contribution in [0.5, 0.6) is 0 Å². The topological polar surface area (TPSA) is 64.7 Å². The molecule has 6 nitrogen and oxygen atoms in total. The summed E-state index contributed by atoms with van der Waals surface area (Å²) in [6.45, 7) is 3.26. The third-order valence-corrected chi connectivity index (χ3v) is 4.75. The number of nitrogens with one attached hydrogen (secondary N) is 1. The molecular formula is C14H18BrN5O. The molecular weight excluding hydrogens is 334 g/mol. The number of anilines is 1. The largest absolute Gasteiger partial charge is 0.383 e. The molecule has 0 aromatic carbocycles. The lowest BCUT2D eigenvalue weighted by Gasteiger charge is -2.08. The van der Waals surface area contributed by atoms with Crippen molar-refractivity contribution in [1.29, 1.82) is 0 Å². The predicted octanol–water partition coefficient (Wildman–Crippen LogP) is 1.92. The Morgan fingerprint density at radius 1 is 1.48 bits per heavy atom. The van der Waals surface area contributed by atoms with E-state index < -0.39 is 0 Å². The molecule has 0 saturated heterocycles. The second-order valence-electron chi connectivity index (χ2n) is 5.53. The van der Waals surface area contributed by atoms with Crippen molar-refractivity contribution in [2.24, 2.45) is 13.0 Å². The molecule has 2 aromatic rings. The Kier molecular flexibility index (Phi) is 3.84. The summed E-state index contributed by atoms with van der Waals surface area (Å²) in [5.41, 5.74) is 2.52. The Hall–Kier alpha value is -1.63. The fraction of sp³-hybridized carbons (Fsp3) is 0.500. The summed E-state index contributed by atoms with van der Waals surface area (Å²) in [7, 11) is 1.86. The number of aromatic nitrogens is 4. The van der Waals surface area contributed by atoms with Crippen LogP contribution in [0.15, 0.2) is 21.5 Å². The quantitative estimate of drug-likeness (QED) is 0.893. The minimum atomic E-state index is -0.110. The standard InChI is InChI=1S/C14H18BrN5O/c1-9-14(15)12(19(2)18-9)8-20-13(21)5-11(7-17-20)16-6-10-3-4-10/h5,7,10,16H,3-4,6,8H2,1-2H3. The fourth-order valence-electron chi connectivity index (χ4n) is 2.23. The van der Waals surface area contributed by atoms with Gasteiger partial charge in [0.05, 0.1) is 34.3 Å². The Labute approximate surface area is 131 Å². The van der Waals surface area contributed by atoms with Gasteiger partial charge >= 0.3 is 0 Å². The van der Waals surface area contributed by atoms with Crippen LogP contribution in [-0.4, -0.2) is 26.1 Å². The zero-order valence-corrected chi connectivity index (χ0v) is 13.7. The average Bonchev–Trinajstić information content (AvgIpc) is 3.23. The van der Waals surface area contributed by atoms with Crippen LogP contribution in [0.1, 0.15) is 24.2 Å². The third-order valence-electron chi connectivity index (χ3n) is 3.72. The van der Waals surface area contributed by atoms with Gasteiger partial charge in [0.2, 0.25) is 0 Å². The minimum Gasteiger partial charge on any atom is -0.383 e. The van der Waals surface area contributed by atoms with Crippen molar-refractivity contribution in [1.82, 2.24) is 19.6 Å². The van der Waals surface area contributed by atoms with Gasteiger partial charge in [0.25, 0.3) is 5.56 Å². The van der Waals surface area contributed by atoms with E-state index in [1.165, 1.54) is 17.5 Å². The Balaban J connectivity index is 1.77. The van der Waals surface area contributed by atoms with Crippen molar-refractivity contribution < 1.29 is 0 Å². The highest BCUT2D eigenvalue weighted by Gasteiger charge is 2.20. The zero-order valence-electron chi connectivity index (χ0n) is 12.1. The Morgan fingerprint density at radius 2 is 2.24 bits per heavy atom. The minimum absolute atomic E-state index is 0.110. The normalized spacial score (nSPS) is 14.4. The van der Waals surface area contributed by atoms with Gasteiger partial charge in [-0.25, -0.2) is 4.68 Å². The number of hydrogen-bond acceptors (Lipinski definition) is 4. The van der Waals surface area contributed by atoms with Gasteiger partial charge in [-0.15, -0.1) is 0 Å². The number of nitrogens with zero attached hydrogens (tertiary/aromatic N) is 4. The molecule has 2 aromatic heterocycles. The van der Waals surface area contributed by atoms with Gasteiger partial charge in [0.15, 0.2) is 0 Å². The summed E-state index contributed by atoms with van der Waals surface area (Å²) in [6, 6.07) is 1.60. The van der Waals surface area contributed by atoms with E-state index in [0.717, 1.165) is 34.0 Å². The highest BCUT2D eigenvalue weighted by atomic mass is 79.9. The van der Waals surface area contributed by atoms with Crippen LogP contribution < -0.4 is 10.9 Å². The molecule has 1 fully saturated rings. The Bertz CT molecular complexity index is 717. The van der Waals surface area contributed by atoms with Crippen molar-refractivity contribution >= 4 is 21.6 Å². The highest BCUT2D eigenvalue weighted by Crippen LogP contribution is 2.28. The highest BCUT2D eigenvalue weighted by molar-refractivity contribution is 9.10. The molecule has 1 aliphatic carbocycles. The second kappa shape index (κ2) is 5.63. The first-order valence-electron chi connectivity index (χ1n) is 7.03. The molecule has 0 amide bonds. The monoisotopic (exact) mass is 351 g/mol. The molecule has 0 atom stereocenters. The SMILES string of the molecule is Cc1nn(C)c(Cn2ncc(NCC3CC3)cc2=O)c1Br. The van der Waals surface area contributed by atoms with Crippen LogP contribution in [0.2, 0.25) is 0 Å². The van der Waals surface area contributed by atoms with Crippen LogP contribution in [0.25, 0.3) is 0 Å². The summed E-state index contributed by atoms with van der Waals surface area (Å²) >= 11 is 3.51. The predicted molar refractivity (Wildman–Crippen MR) is 84.5 cm³/mol. The van der Waals surface area contributed by atoms with E-state index >= 15 is 0 Å². The van der Waals surface area contributed by atoms with Crippen molar-refractivity contribution in [2.75, 3.05) is 11.9 Å². The van der Waals surface area contributed by atoms with Gasteiger partial charge in [-0.1, -0.05) is 0 Å². The molecule has 21 heavy (non-hydrogen) atoms. The lowest BCUT2D eigenvalue weighted by molar-refractivity contribution is 0.589. The lowest BCUT2D eigenvalue weighted by Crippen LogP contribution is -2.24. The van der Waals surface area contributed by atoms with Gasteiger partial charge in [-0.3, -0.25) is 9.48 Å². The molecule has 112 valence electrons. The van der Waals surface area contributed by atoms with Crippen LogP contribution in [0.4, 0.5) is 5.69 Å². The lowest BCUT2D eigenvalue weighted by atomic mass is 10.3. The van der Waals surface area contributed by atoms with Crippen molar-refractivity contribution in [3.63, 3.8) is 0 Å². The molecule has 3 rings (SSSR count). The summed E-state index contributed by atoms with van der Waals surface area (Å²) in [5, 5.41) is 11.8. The smallest absolute Gasteiger partial charge is 0.269 e. The van der Waals surface area contributed by atoms with Crippen LogP contribution in [0, 0.1) is 12.8 Å². The summed E-state index contributed by atoms with van der Waals surface area (Å²) in [6.07, 6.45) is 4.28. The molecule has 1 aliphatic rings.